The summed E-state index contributed by atoms with van der Waals surface area (Å²) in [6, 6.07) is 10.1. The first-order chi connectivity index (χ1) is 11.6. The Hall–Kier alpha value is -2.34. The fourth-order valence-corrected chi connectivity index (χ4v) is 2.00. The van der Waals surface area contributed by atoms with Gasteiger partial charge in [0, 0.05) is 30.5 Å². The maximum Gasteiger partial charge on any atom is 0.403 e. The first-order valence-corrected chi connectivity index (χ1v) is 7.96. The predicted molar refractivity (Wildman–Crippen MR) is 91.0 cm³/mol. The van der Waals surface area contributed by atoms with Gasteiger partial charge in [-0.25, -0.2) is 9.78 Å². The number of halogens is 1. The lowest BCUT2D eigenvalue weighted by Gasteiger charge is -2.07. The first-order valence-electron chi connectivity index (χ1n) is 7.58. The number of carbonyl (C=O) groups excluding carboxylic acids is 2. The minimum Gasteiger partial charge on any atom is -0.466 e. The van der Waals surface area contributed by atoms with Gasteiger partial charge in [-0.3, -0.25) is 4.79 Å². The number of aromatic nitrogens is 2. The van der Waals surface area contributed by atoms with Crippen LogP contribution in [0.1, 0.15) is 25.2 Å². The van der Waals surface area contributed by atoms with Crippen LogP contribution in [0.2, 0.25) is 0 Å². The van der Waals surface area contributed by atoms with Crippen molar-refractivity contribution < 1.29 is 19.1 Å². The van der Waals surface area contributed by atoms with Crippen LogP contribution < -0.4 is 0 Å². The molecular weight excluding hydrogens is 332 g/mol. The molecule has 130 valence electrons. The maximum absolute atomic E-state index is 11.4. The smallest absolute Gasteiger partial charge is 0.403 e. The quantitative estimate of drug-likeness (QED) is 0.588. The zero-order valence-electron chi connectivity index (χ0n) is 13.8. The van der Waals surface area contributed by atoms with Gasteiger partial charge in [-0.15, -0.1) is 0 Å². The van der Waals surface area contributed by atoms with Crippen LogP contribution in [-0.2, 0) is 27.2 Å². The maximum atomic E-state index is 11.4. The van der Waals surface area contributed by atoms with Crippen LogP contribution in [0.4, 0.5) is 4.79 Å². The van der Waals surface area contributed by atoms with Gasteiger partial charge in [0.15, 0.2) is 0 Å². The molecule has 0 aliphatic carbocycles. The average Bonchev–Trinajstić information content (AvgIpc) is 2.96. The monoisotopic (exact) mass is 352 g/mol. The minimum atomic E-state index is -0.738. The largest absolute Gasteiger partial charge is 0.466 e. The molecule has 0 spiro atoms. The van der Waals surface area contributed by atoms with E-state index in [0.717, 1.165) is 12.4 Å². The highest BCUT2D eigenvalue weighted by Gasteiger charge is 2.09. The summed E-state index contributed by atoms with van der Waals surface area (Å²) in [6.45, 7) is 4.96. The molecule has 1 heterocycles. The lowest BCUT2D eigenvalue weighted by Crippen LogP contribution is -2.13. The lowest BCUT2D eigenvalue weighted by atomic mass is 10.2. The molecule has 0 bridgehead atoms. The van der Waals surface area contributed by atoms with Gasteiger partial charge in [0.1, 0.15) is 12.2 Å². The molecule has 0 N–H and O–H groups in total. The van der Waals surface area contributed by atoms with E-state index in [0.29, 0.717) is 13.2 Å². The highest BCUT2D eigenvalue weighted by Crippen LogP contribution is 2.06. The fraction of sp³-hybridized carbons (Fsp3) is 0.353. The Bertz CT molecular complexity index is 629. The third-order valence-electron chi connectivity index (χ3n) is 2.86. The standard InChI is InChI=1S/C14H16N2O2.C3H5ClO2/c1-2-18-14(17)10-13-15-8-9-16(13)11-12-6-4-3-5-7-12;1-2-6-3(4)5/h3-9H,2,10-11H2,1H3;2H2,1H3. The van der Waals surface area contributed by atoms with Crippen molar-refractivity contribution in [2.75, 3.05) is 13.2 Å². The lowest BCUT2D eigenvalue weighted by molar-refractivity contribution is -0.142. The van der Waals surface area contributed by atoms with Crippen molar-refractivity contribution in [3.63, 3.8) is 0 Å². The number of esters is 1. The van der Waals surface area contributed by atoms with Crippen molar-refractivity contribution in [1.82, 2.24) is 9.55 Å². The van der Waals surface area contributed by atoms with Crippen LogP contribution in [0.5, 0.6) is 0 Å². The Morgan fingerprint density at radius 1 is 1.12 bits per heavy atom. The van der Waals surface area contributed by atoms with Gasteiger partial charge in [-0.05, 0) is 19.4 Å². The number of nitrogens with zero attached hydrogens (tertiary/aromatic N) is 2. The number of hydrogen-bond donors (Lipinski definition) is 0. The van der Waals surface area contributed by atoms with Gasteiger partial charge in [0.05, 0.1) is 13.2 Å². The van der Waals surface area contributed by atoms with Gasteiger partial charge < -0.3 is 14.0 Å². The van der Waals surface area contributed by atoms with Crippen molar-refractivity contribution in [2.24, 2.45) is 0 Å². The van der Waals surface area contributed by atoms with Crippen molar-refractivity contribution >= 4 is 23.0 Å². The summed E-state index contributed by atoms with van der Waals surface area (Å²) < 4.78 is 11.1. The first kappa shape index (κ1) is 19.7. The number of carbonyl (C=O) groups is 2. The van der Waals surface area contributed by atoms with Gasteiger partial charge in [-0.2, -0.15) is 0 Å². The molecule has 0 saturated carbocycles. The number of ether oxygens (including phenoxy) is 2. The van der Waals surface area contributed by atoms with Crippen LogP contribution in [0, 0.1) is 0 Å². The summed E-state index contributed by atoms with van der Waals surface area (Å²) in [5.74, 6) is 0.496. The Morgan fingerprint density at radius 3 is 2.33 bits per heavy atom. The third kappa shape index (κ3) is 7.78. The molecule has 0 saturated heterocycles. The Kier molecular flexibility index (Phi) is 9.23. The molecule has 2 rings (SSSR count). The second kappa shape index (κ2) is 11.2. The molecule has 2 aromatic rings. The highest BCUT2D eigenvalue weighted by atomic mass is 35.5. The molecule has 0 amide bonds. The van der Waals surface area contributed by atoms with Crippen molar-refractivity contribution in [2.45, 2.75) is 26.8 Å². The van der Waals surface area contributed by atoms with Gasteiger partial charge >= 0.3 is 11.4 Å². The SMILES string of the molecule is CCOC(=O)Cc1nccn1Cc1ccccc1.CCOC(=O)Cl. The summed E-state index contributed by atoms with van der Waals surface area (Å²) in [5.41, 5.74) is 0.443. The average molecular weight is 353 g/mol. The van der Waals surface area contributed by atoms with E-state index >= 15 is 0 Å². The number of hydrogen-bond acceptors (Lipinski definition) is 5. The van der Waals surface area contributed by atoms with Crippen LogP contribution in [0.15, 0.2) is 42.7 Å². The molecule has 24 heavy (non-hydrogen) atoms. The van der Waals surface area contributed by atoms with Crippen molar-refractivity contribution in [3.8, 4) is 0 Å². The van der Waals surface area contributed by atoms with E-state index in [4.69, 9.17) is 16.3 Å². The minimum absolute atomic E-state index is 0.216. The molecular formula is C17H21ClN2O4. The molecule has 7 heteroatoms. The van der Waals surface area contributed by atoms with E-state index in [-0.39, 0.29) is 12.4 Å². The topological polar surface area (TPSA) is 70.4 Å². The third-order valence-corrected chi connectivity index (χ3v) is 2.97. The predicted octanol–water partition coefficient (Wildman–Crippen LogP) is 3.42. The van der Waals surface area contributed by atoms with Crippen LogP contribution in [0.3, 0.4) is 0 Å². The number of imidazole rings is 1. The molecule has 1 aromatic heterocycles. The molecule has 6 nitrogen and oxygen atoms in total. The van der Waals surface area contributed by atoms with E-state index in [1.807, 2.05) is 41.1 Å². The normalized spacial score (nSPS) is 9.62. The van der Waals surface area contributed by atoms with Gasteiger partial charge in [-0.1, -0.05) is 30.3 Å². The summed E-state index contributed by atoms with van der Waals surface area (Å²) in [4.78, 5) is 25.2. The summed E-state index contributed by atoms with van der Waals surface area (Å²) >= 11 is 4.72. The number of rotatable bonds is 6. The molecule has 0 unspecified atom stereocenters. The van der Waals surface area contributed by atoms with Crippen molar-refractivity contribution in [3.05, 3.63) is 54.1 Å². The second-order valence-electron chi connectivity index (χ2n) is 4.61. The molecule has 0 radical (unpaired) electrons. The second-order valence-corrected chi connectivity index (χ2v) is 4.92. The highest BCUT2D eigenvalue weighted by molar-refractivity contribution is 6.61. The van der Waals surface area contributed by atoms with E-state index < -0.39 is 5.43 Å². The Balaban J connectivity index is 0.000000413. The summed E-state index contributed by atoms with van der Waals surface area (Å²) in [7, 11) is 0. The molecule has 0 aliphatic heterocycles. The Labute approximate surface area is 146 Å². The molecule has 0 fully saturated rings. The van der Waals surface area contributed by atoms with Crippen LogP contribution >= 0.6 is 11.6 Å². The van der Waals surface area contributed by atoms with Crippen LogP contribution in [-0.4, -0.2) is 34.2 Å². The van der Waals surface area contributed by atoms with E-state index in [1.54, 1.807) is 20.0 Å². The zero-order chi connectivity index (χ0) is 17.8. The van der Waals surface area contributed by atoms with E-state index in [9.17, 15) is 9.59 Å². The fourth-order valence-electron chi connectivity index (χ4n) is 1.89. The number of benzene rings is 1. The van der Waals surface area contributed by atoms with E-state index in [2.05, 4.69) is 9.72 Å². The van der Waals surface area contributed by atoms with Gasteiger partial charge in [0.2, 0.25) is 0 Å². The van der Waals surface area contributed by atoms with Crippen molar-refractivity contribution in [1.29, 1.82) is 0 Å². The van der Waals surface area contributed by atoms with Gasteiger partial charge in [0.25, 0.3) is 0 Å². The van der Waals surface area contributed by atoms with E-state index in [1.165, 1.54) is 5.56 Å². The molecule has 0 atom stereocenters. The van der Waals surface area contributed by atoms with Crippen LogP contribution in [0.25, 0.3) is 0 Å². The summed E-state index contributed by atoms with van der Waals surface area (Å²) in [6.07, 6.45) is 3.80. The summed E-state index contributed by atoms with van der Waals surface area (Å²) in [5, 5.41) is 0. The molecule has 1 aromatic carbocycles. The zero-order valence-corrected chi connectivity index (χ0v) is 14.5. The molecule has 0 aliphatic rings. The Morgan fingerprint density at radius 2 is 1.79 bits per heavy atom.